The number of halogens is 1. The number of benzene rings is 1. The second kappa shape index (κ2) is 6.92. The van der Waals surface area contributed by atoms with Crippen LogP contribution in [0.25, 0.3) is 0 Å². The van der Waals surface area contributed by atoms with Gasteiger partial charge in [0.15, 0.2) is 0 Å². The fraction of sp³-hybridized carbons (Fsp3) is 0.214. The highest BCUT2D eigenvalue weighted by molar-refractivity contribution is 7.08. The molecule has 0 bridgehead atoms. The molecule has 2 aromatic rings. The smallest absolute Gasteiger partial charge is 0.269 e. The van der Waals surface area contributed by atoms with Crippen molar-refractivity contribution in [3.63, 3.8) is 0 Å². The van der Waals surface area contributed by atoms with E-state index >= 15 is 0 Å². The van der Waals surface area contributed by atoms with Crippen molar-refractivity contribution in [3.8, 4) is 11.8 Å². The second-order valence-corrected chi connectivity index (χ2v) is 4.76. The molecule has 0 saturated heterocycles. The lowest BCUT2D eigenvalue weighted by Crippen LogP contribution is -2.13. The number of anilines is 1. The van der Waals surface area contributed by atoms with Gasteiger partial charge in [-0.25, -0.2) is 4.39 Å². The van der Waals surface area contributed by atoms with Crippen molar-refractivity contribution in [1.82, 2.24) is 9.59 Å². The summed E-state index contributed by atoms with van der Waals surface area (Å²) < 4.78 is 17.0. The molecule has 5 nitrogen and oxygen atoms in total. The van der Waals surface area contributed by atoms with Crippen molar-refractivity contribution >= 4 is 23.1 Å². The van der Waals surface area contributed by atoms with E-state index in [1.54, 1.807) is 0 Å². The van der Waals surface area contributed by atoms with Crippen molar-refractivity contribution in [3.05, 3.63) is 40.2 Å². The molecule has 0 atom stereocenters. The Morgan fingerprint density at radius 1 is 1.52 bits per heavy atom. The quantitative estimate of drug-likeness (QED) is 0.849. The fourth-order valence-corrected chi connectivity index (χ4v) is 2.30. The number of nitrogens with zero attached hydrogens (tertiary/aromatic N) is 2. The number of nitrogens with one attached hydrogen (secondary N) is 1. The van der Waals surface area contributed by atoms with Gasteiger partial charge in [-0.15, -0.1) is 5.10 Å². The van der Waals surface area contributed by atoms with E-state index in [1.165, 1.54) is 18.2 Å². The molecule has 2 rings (SSSR count). The van der Waals surface area contributed by atoms with Gasteiger partial charge in [0, 0.05) is 0 Å². The van der Waals surface area contributed by atoms with E-state index in [0.29, 0.717) is 28.2 Å². The minimum absolute atomic E-state index is 0.299. The lowest BCUT2D eigenvalue weighted by molar-refractivity contribution is 0.102. The van der Waals surface area contributed by atoms with Crippen molar-refractivity contribution in [2.75, 3.05) is 11.9 Å². The predicted molar refractivity (Wildman–Crippen MR) is 77.6 cm³/mol. The number of carbonyl (C=O) groups excluding carboxylic acids is 1. The van der Waals surface area contributed by atoms with Gasteiger partial charge >= 0.3 is 0 Å². The Bertz CT molecular complexity index is 718. The lowest BCUT2D eigenvalue weighted by atomic mass is 10.1. The van der Waals surface area contributed by atoms with E-state index in [1.807, 2.05) is 6.92 Å². The van der Waals surface area contributed by atoms with Crippen molar-refractivity contribution in [2.24, 2.45) is 0 Å². The van der Waals surface area contributed by atoms with Gasteiger partial charge in [-0.05, 0) is 36.2 Å². The number of aliphatic hydroxyl groups excluding tert-OH is 1. The van der Waals surface area contributed by atoms with Gasteiger partial charge in [-0.3, -0.25) is 4.79 Å². The number of hydrogen-bond donors (Lipinski definition) is 2. The van der Waals surface area contributed by atoms with Crippen LogP contribution in [0.15, 0.2) is 18.2 Å². The molecule has 108 valence electrons. The van der Waals surface area contributed by atoms with Gasteiger partial charge < -0.3 is 10.4 Å². The highest BCUT2D eigenvalue weighted by Crippen LogP contribution is 2.19. The van der Waals surface area contributed by atoms with Crippen molar-refractivity contribution in [1.29, 1.82) is 0 Å². The van der Waals surface area contributed by atoms with E-state index < -0.39 is 5.82 Å². The Labute approximate surface area is 125 Å². The summed E-state index contributed by atoms with van der Waals surface area (Å²) in [4.78, 5) is 12.6. The van der Waals surface area contributed by atoms with Crippen LogP contribution in [-0.2, 0) is 6.42 Å². The number of rotatable bonds is 3. The van der Waals surface area contributed by atoms with Crippen molar-refractivity contribution < 1.29 is 14.3 Å². The summed E-state index contributed by atoms with van der Waals surface area (Å²) in [6.45, 7) is 1.53. The van der Waals surface area contributed by atoms with Crippen LogP contribution in [-0.4, -0.2) is 27.2 Å². The molecule has 2 N–H and O–H groups in total. The van der Waals surface area contributed by atoms with E-state index in [4.69, 9.17) is 5.11 Å². The number of hydrogen-bond acceptors (Lipinski definition) is 5. The molecular weight excluding hydrogens is 293 g/mol. The molecule has 0 fully saturated rings. The van der Waals surface area contributed by atoms with Crippen LogP contribution in [0.4, 0.5) is 10.1 Å². The van der Waals surface area contributed by atoms with Crippen LogP contribution in [0.1, 0.15) is 27.9 Å². The molecule has 1 amide bonds. The lowest BCUT2D eigenvalue weighted by Gasteiger charge is -2.07. The van der Waals surface area contributed by atoms with E-state index in [0.717, 1.165) is 11.5 Å². The minimum atomic E-state index is -0.469. The minimum Gasteiger partial charge on any atom is -0.384 e. The fourth-order valence-electron chi connectivity index (χ4n) is 1.66. The molecule has 7 heteroatoms. The van der Waals surface area contributed by atoms with Crippen molar-refractivity contribution in [2.45, 2.75) is 13.3 Å². The van der Waals surface area contributed by atoms with Crippen LogP contribution in [0.2, 0.25) is 0 Å². The summed E-state index contributed by atoms with van der Waals surface area (Å²) in [5.74, 6) is 4.20. The normalized spacial score (nSPS) is 9.86. The molecule has 0 aliphatic rings. The molecule has 0 radical (unpaired) electrons. The maximum Gasteiger partial charge on any atom is 0.269 e. The van der Waals surface area contributed by atoms with Gasteiger partial charge in [-0.2, -0.15) is 0 Å². The van der Waals surface area contributed by atoms with E-state index in [-0.39, 0.29) is 12.5 Å². The maximum atomic E-state index is 13.2. The average Bonchev–Trinajstić information content (AvgIpc) is 2.96. The topological polar surface area (TPSA) is 75.1 Å². The molecule has 0 unspecified atom stereocenters. The summed E-state index contributed by atoms with van der Waals surface area (Å²) in [6, 6.07) is 3.85. The molecule has 1 aromatic heterocycles. The molecule has 0 saturated carbocycles. The third-order valence-corrected chi connectivity index (χ3v) is 3.40. The van der Waals surface area contributed by atoms with Crippen LogP contribution in [0.5, 0.6) is 0 Å². The van der Waals surface area contributed by atoms with Gasteiger partial charge in [0.2, 0.25) is 0 Å². The number of carbonyl (C=O) groups is 1. The zero-order valence-corrected chi connectivity index (χ0v) is 12.0. The summed E-state index contributed by atoms with van der Waals surface area (Å²) in [5.41, 5.74) is 1.29. The maximum absolute atomic E-state index is 13.2. The average molecular weight is 305 g/mol. The van der Waals surface area contributed by atoms with E-state index in [9.17, 15) is 9.18 Å². The number of aryl methyl sites for hydroxylation is 1. The molecule has 0 aliphatic heterocycles. The van der Waals surface area contributed by atoms with Crippen LogP contribution in [0, 0.1) is 17.7 Å². The van der Waals surface area contributed by atoms with Gasteiger partial charge in [0.25, 0.3) is 5.91 Å². The van der Waals surface area contributed by atoms with Crippen LogP contribution < -0.4 is 5.32 Å². The Balaban J connectivity index is 2.29. The predicted octanol–water partition coefficient (Wildman–Crippen LogP) is 1.84. The zero-order chi connectivity index (χ0) is 15.2. The summed E-state index contributed by atoms with van der Waals surface area (Å²) in [7, 11) is 0. The summed E-state index contributed by atoms with van der Waals surface area (Å²) in [6.07, 6.45) is 0.597. The first kappa shape index (κ1) is 15.1. The third-order valence-electron chi connectivity index (χ3n) is 2.63. The standard InChI is InChI=1S/C14H12FN3O2S/c1-2-11-13(21-18-17-11)14(20)16-12-6-5-10(15)8-9(12)4-3-7-19/h5-6,8,19H,2,7H2,1H3,(H,16,20). The molecule has 0 aliphatic carbocycles. The van der Waals surface area contributed by atoms with Crippen LogP contribution in [0.3, 0.4) is 0 Å². The van der Waals surface area contributed by atoms with Gasteiger partial charge in [0.1, 0.15) is 17.3 Å². The number of amides is 1. The summed E-state index contributed by atoms with van der Waals surface area (Å²) >= 11 is 1.01. The largest absolute Gasteiger partial charge is 0.384 e. The Morgan fingerprint density at radius 2 is 2.33 bits per heavy atom. The molecule has 1 heterocycles. The summed E-state index contributed by atoms with van der Waals surface area (Å²) in [5, 5.41) is 15.3. The first-order chi connectivity index (χ1) is 10.2. The molecule has 0 spiro atoms. The number of aromatic nitrogens is 2. The zero-order valence-electron chi connectivity index (χ0n) is 11.2. The SMILES string of the molecule is CCc1nnsc1C(=O)Nc1ccc(F)cc1C#CCO. The molecule has 21 heavy (non-hydrogen) atoms. The highest BCUT2D eigenvalue weighted by atomic mass is 32.1. The second-order valence-electron chi connectivity index (χ2n) is 4.01. The first-order valence-electron chi connectivity index (χ1n) is 6.17. The van der Waals surface area contributed by atoms with Gasteiger partial charge in [-0.1, -0.05) is 23.3 Å². The Hall–Kier alpha value is -2.30. The Kier molecular flexibility index (Phi) is 4.98. The first-order valence-corrected chi connectivity index (χ1v) is 6.95. The molecular formula is C14H12FN3O2S. The molecule has 1 aromatic carbocycles. The monoisotopic (exact) mass is 305 g/mol. The third kappa shape index (κ3) is 3.62. The highest BCUT2D eigenvalue weighted by Gasteiger charge is 2.16. The number of aliphatic hydroxyl groups is 1. The Morgan fingerprint density at radius 3 is 3.05 bits per heavy atom. The van der Waals surface area contributed by atoms with E-state index in [2.05, 4.69) is 26.7 Å². The van der Waals surface area contributed by atoms with Crippen LogP contribution >= 0.6 is 11.5 Å². The van der Waals surface area contributed by atoms with Gasteiger partial charge in [0.05, 0.1) is 16.9 Å².